The molecule has 136 valence electrons. The lowest BCUT2D eigenvalue weighted by atomic mass is 10.1. The molecule has 2 aromatic rings. The first-order valence-corrected chi connectivity index (χ1v) is 8.12. The summed E-state index contributed by atoms with van der Waals surface area (Å²) in [5.41, 5.74) is 1.37. The van der Waals surface area contributed by atoms with E-state index in [1.807, 2.05) is 0 Å². The maximum absolute atomic E-state index is 12.4. The van der Waals surface area contributed by atoms with Gasteiger partial charge in [0.25, 0.3) is 5.91 Å². The number of hydrogen-bond donors (Lipinski definition) is 2. The summed E-state index contributed by atoms with van der Waals surface area (Å²) < 4.78 is 10.7. The second kappa shape index (κ2) is 8.92. The van der Waals surface area contributed by atoms with Gasteiger partial charge in [-0.1, -0.05) is 24.3 Å². The van der Waals surface area contributed by atoms with Crippen LogP contribution in [0.15, 0.2) is 49.1 Å². The Bertz CT molecular complexity index is 836. The quantitative estimate of drug-likeness (QED) is 0.714. The molecule has 0 unspecified atom stereocenters. The monoisotopic (exact) mass is 374 g/mol. The molecule has 0 heterocycles. The van der Waals surface area contributed by atoms with Gasteiger partial charge in [0.15, 0.2) is 11.5 Å². The molecule has 2 aromatic carbocycles. The molecule has 2 N–H and O–H groups in total. The molecule has 0 aromatic heterocycles. The Morgan fingerprint density at radius 1 is 1.15 bits per heavy atom. The highest BCUT2D eigenvalue weighted by atomic mass is 35.5. The molecule has 6 nitrogen and oxygen atoms in total. The zero-order chi connectivity index (χ0) is 19.1. The molecule has 2 amide bonds. The van der Waals surface area contributed by atoms with Gasteiger partial charge in [0, 0.05) is 18.2 Å². The summed E-state index contributed by atoms with van der Waals surface area (Å²) in [4.78, 5) is 23.5. The Hall–Kier alpha value is -2.99. The van der Waals surface area contributed by atoms with E-state index >= 15 is 0 Å². The van der Waals surface area contributed by atoms with Crippen LogP contribution in [0.25, 0.3) is 0 Å². The van der Waals surface area contributed by atoms with E-state index in [0.717, 1.165) is 0 Å². The normalized spacial score (nSPS) is 9.96. The van der Waals surface area contributed by atoms with Crippen LogP contribution >= 0.6 is 11.6 Å². The number of benzene rings is 2. The van der Waals surface area contributed by atoms with Crippen molar-refractivity contribution in [3.05, 3.63) is 59.6 Å². The Balaban J connectivity index is 2.15. The number of halogens is 1. The number of ether oxygens (including phenoxy) is 2. The summed E-state index contributed by atoms with van der Waals surface area (Å²) in [6, 6.07) is 9.69. The Kier molecular flexibility index (Phi) is 6.63. The third-order valence-corrected chi connectivity index (χ3v) is 3.63. The molecular formula is C19H19ClN2O4. The summed E-state index contributed by atoms with van der Waals surface area (Å²) in [6.07, 6.45) is 1.62. The average Bonchev–Trinajstić information content (AvgIpc) is 2.61. The molecule has 2 rings (SSSR count). The summed E-state index contributed by atoms with van der Waals surface area (Å²) in [5, 5.41) is 5.67. The second-order valence-corrected chi connectivity index (χ2v) is 5.70. The van der Waals surface area contributed by atoms with Crippen molar-refractivity contribution in [3.8, 4) is 11.5 Å². The van der Waals surface area contributed by atoms with Crippen molar-refractivity contribution >= 4 is 34.8 Å². The highest BCUT2D eigenvalue weighted by molar-refractivity contribution is 6.34. The fourth-order valence-corrected chi connectivity index (χ4v) is 2.39. The number of hydrogen-bond acceptors (Lipinski definition) is 4. The molecule has 0 atom stereocenters. The smallest absolute Gasteiger partial charge is 0.255 e. The van der Waals surface area contributed by atoms with E-state index in [1.165, 1.54) is 14.0 Å². The van der Waals surface area contributed by atoms with Gasteiger partial charge in [-0.25, -0.2) is 0 Å². The van der Waals surface area contributed by atoms with E-state index < -0.39 is 0 Å². The van der Waals surface area contributed by atoms with Gasteiger partial charge in [-0.15, -0.1) is 0 Å². The van der Waals surface area contributed by atoms with Crippen molar-refractivity contribution in [1.82, 2.24) is 0 Å². The Morgan fingerprint density at radius 3 is 2.54 bits per heavy atom. The number of nitrogens with one attached hydrogen (secondary N) is 2. The van der Waals surface area contributed by atoms with Crippen LogP contribution in [0.5, 0.6) is 11.5 Å². The lowest BCUT2D eigenvalue weighted by molar-refractivity contribution is -0.114. The van der Waals surface area contributed by atoms with Gasteiger partial charge >= 0.3 is 0 Å². The van der Waals surface area contributed by atoms with Crippen molar-refractivity contribution in [2.24, 2.45) is 0 Å². The molecule has 0 aliphatic rings. The van der Waals surface area contributed by atoms with E-state index in [1.54, 1.807) is 42.5 Å². The van der Waals surface area contributed by atoms with E-state index in [-0.39, 0.29) is 11.8 Å². The molecule has 7 heteroatoms. The van der Waals surface area contributed by atoms with Gasteiger partial charge in [0.1, 0.15) is 6.61 Å². The first-order valence-electron chi connectivity index (χ1n) is 7.74. The van der Waals surface area contributed by atoms with Gasteiger partial charge < -0.3 is 20.1 Å². The molecule has 0 saturated heterocycles. The minimum absolute atomic E-state index is 0.227. The van der Waals surface area contributed by atoms with Crippen LogP contribution in [0.1, 0.15) is 17.3 Å². The molecular weight excluding hydrogens is 356 g/mol. The summed E-state index contributed by atoms with van der Waals surface area (Å²) in [5.74, 6) is 0.404. The zero-order valence-electron chi connectivity index (χ0n) is 14.5. The highest BCUT2D eigenvalue weighted by Crippen LogP contribution is 2.29. The minimum Gasteiger partial charge on any atom is -0.493 e. The summed E-state index contributed by atoms with van der Waals surface area (Å²) in [7, 11) is 1.50. The molecule has 26 heavy (non-hydrogen) atoms. The lowest BCUT2D eigenvalue weighted by Gasteiger charge is -2.12. The van der Waals surface area contributed by atoms with Gasteiger partial charge in [-0.3, -0.25) is 9.59 Å². The summed E-state index contributed by atoms with van der Waals surface area (Å²) >= 11 is 6.11. The van der Waals surface area contributed by atoms with Crippen LogP contribution in [0.2, 0.25) is 5.02 Å². The Morgan fingerprint density at radius 2 is 1.92 bits per heavy atom. The van der Waals surface area contributed by atoms with Crippen LogP contribution in [0, 0.1) is 0 Å². The summed E-state index contributed by atoms with van der Waals surface area (Å²) in [6.45, 7) is 5.31. The third-order valence-electron chi connectivity index (χ3n) is 3.32. The van der Waals surface area contributed by atoms with Crippen LogP contribution in [0.4, 0.5) is 11.4 Å². The minimum atomic E-state index is -0.332. The molecule has 0 saturated carbocycles. The average molecular weight is 375 g/mol. The van der Waals surface area contributed by atoms with Gasteiger partial charge in [-0.2, -0.15) is 0 Å². The fraction of sp³-hybridized carbons (Fsp3) is 0.158. The molecule has 0 aliphatic carbocycles. The second-order valence-electron chi connectivity index (χ2n) is 5.30. The maximum atomic E-state index is 12.4. The van der Waals surface area contributed by atoms with E-state index in [9.17, 15) is 9.59 Å². The van der Waals surface area contributed by atoms with Crippen LogP contribution in [0.3, 0.4) is 0 Å². The molecule has 0 bridgehead atoms. The number of amides is 2. The van der Waals surface area contributed by atoms with E-state index in [0.29, 0.717) is 40.1 Å². The van der Waals surface area contributed by atoms with Crippen LogP contribution < -0.4 is 20.1 Å². The first kappa shape index (κ1) is 19.3. The Labute approximate surface area is 156 Å². The number of methoxy groups -OCH3 is 1. The predicted molar refractivity (Wildman–Crippen MR) is 102 cm³/mol. The number of rotatable bonds is 7. The third kappa shape index (κ3) is 5.00. The van der Waals surface area contributed by atoms with Gasteiger partial charge in [0.2, 0.25) is 5.91 Å². The van der Waals surface area contributed by atoms with Crippen molar-refractivity contribution in [2.75, 3.05) is 24.4 Å². The van der Waals surface area contributed by atoms with Crippen LogP contribution in [-0.2, 0) is 4.79 Å². The molecule has 0 spiro atoms. The van der Waals surface area contributed by atoms with Crippen molar-refractivity contribution in [3.63, 3.8) is 0 Å². The van der Waals surface area contributed by atoms with Crippen molar-refractivity contribution in [2.45, 2.75) is 6.92 Å². The topological polar surface area (TPSA) is 76.7 Å². The predicted octanol–water partition coefficient (Wildman–Crippen LogP) is 4.12. The van der Waals surface area contributed by atoms with Crippen molar-refractivity contribution in [1.29, 1.82) is 0 Å². The number of carbonyl (C=O) groups excluding carboxylic acids is 2. The molecule has 0 fully saturated rings. The lowest BCUT2D eigenvalue weighted by Crippen LogP contribution is -2.12. The standard InChI is InChI=1S/C19H19ClN2O4/c1-4-9-26-17-8-5-13(10-18(17)25-3)19(24)22-14-6-7-16(15(20)11-14)21-12(2)23/h4-8,10-11H,1,9H2,2-3H3,(H,21,23)(H,22,24). The van der Waals surface area contributed by atoms with E-state index in [4.69, 9.17) is 21.1 Å². The number of anilines is 2. The van der Waals surface area contributed by atoms with Gasteiger partial charge in [-0.05, 0) is 36.4 Å². The fourth-order valence-electron chi connectivity index (χ4n) is 2.16. The molecule has 0 aliphatic heterocycles. The highest BCUT2D eigenvalue weighted by Gasteiger charge is 2.12. The maximum Gasteiger partial charge on any atom is 0.255 e. The van der Waals surface area contributed by atoms with Crippen LogP contribution in [-0.4, -0.2) is 25.5 Å². The van der Waals surface area contributed by atoms with Gasteiger partial charge in [0.05, 0.1) is 17.8 Å². The largest absolute Gasteiger partial charge is 0.493 e. The first-order chi connectivity index (χ1) is 12.4. The van der Waals surface area contributed by atoms with E-state index in [2.05, 4.69) is 17.2 Å². The number of carbonyl (C=O) groups is 2. The zero-order valence-corrected chi connectivity index (χ0v) is 15.2. The SMILES string of the molecule is C=CCOc1ccc(C(=O)Nc2ccc(NC(C)=O)c(Cl)c2)cc1OC. The van der Waals surface area contributed by atoms with Crippen molar-refractivity contribution < 1.29 is 19.1 Å². The molecule has 0 radical (unpaired) electrons.